The van der Waals surface area contributed by atoms with E-state index in [2.05, 4.69) is 0 Å². The molecule has 0 amide bonds. The maximum absolute atomic E-state index is 11.7. The predicted molar refractivity (Wildman–Crippen MR) is 50.7 cm³/mol. The average Bonchev–Trinajstić information content (AvgIpc) is 2.74. The molecule has 78 valence electrons. The molecular formula is C11H16O3. The lowest BCUT2D eigenvalue weighted by molar-refractivity contribution is -0.148. The van der Waals surface area contributed by atoms with Crippen molar-refractivity contribution >= 4 is 11.8 Å². The van der Waals surface area contributed by atoms with E-state index in [9.17, 15) is 9.59 Å². The molecule has 2 fully saturated rings. The Balaban J connectivity index is 2.21. The monoisotopic (exact) mass is 196 g/mol. The van der Waals surface area contributed by atoms with Crippen LogP contribution >= 0.6 is 0 Å². The summed E-state index contributed by atoms with van der Waals surface area (Å²) in [4.78, 5) is 22.7. The number of carbonyl (C=O) groups is 2. The first-order valence-corrected chi connectivity index (χ1v) is 5.40. The lowest BCUT2D eigenvalue weighted by atomic mass is 9.76. The Labute approximate surface area is 83.5 Å². The molecule has 2 aliphatic carbocycles. The van der Waals surface area contributed by atoms with Gasteiger partial charge in [-0.1, -0.05) is 6.92 Å². The van der Waals surface area contributed by atoms with Crippen LogP contribution < -0.4 is 0 Å². The Hall–Kier alpha value is -0.860. The van der Waals surface area contributed by atoms with Crippen LogP contribution in [0.1, 0.15) is 32.6 Å². The molecule has 1 N–H and O–H groups in total. The van der Waals surface area contributed by atoms with Gasteiger partial charge in [-0.3, -0.25) is 9.59 Å². The fraction of sp³-hybridized carbons (Fsp3) is 0.818. The summed E-state index contributed by atoms with van der Waals surface area (Å²) in [6.45, 7) is 1.83. The molecule has 0 aromatic heterocycles. The second-order valence-electron chi connectivity index (χ2n) is 4.54. The van der Waals surface area contributed by atoms with Crippen LogP contribution in [0.2, 0.25) is 0 Å². The summed E-state index contributed by atoms with van der Waals surface area (Å²) in [7, 11) is 0. The maximum atomic E-state index is 11.7. The van der Waals surface area contributed by atoms with Crippen molar-refractivity contribution in [1.29, 1.82) is 0 Å². The van der Waals surface area contributed by atoms with Crippen LogP contribution in [-0.4, -0.2) is 16.9 Å². The number of hydrogen-bond acceptors (Lipinski definition) is 2. The molecule has 4 unspecified atom stereocenters. The zero-order chi connectivity index (χ0) is 10.3. The number of Topliss-reactive ketones (excluding diaryl/α,β-unsaturated/α-hetero) is 1. The maximum Gasteiger partial charge on any atom is 0.307 e. The summed E-state index contributed by atoms with van der Waals surface area (Å²) in [6, 6.07) is 0. The van der Waals surface area contributed by atoms with Crippen LogP contribution in [-0.2, 0) is 9.59 Å². The number of carboxylic acids is 1. The lowest BCUT2D eigenvalue weighted by Crippen LogP contribution is -2.34. The summed E-state index contributed by atoms with van der Waals surface area (Å²) < 4.78 is 0. The molecule has 0 aliphatic heterocycles. The van der Waals surface area contributed by atoms with Gasteiger partial charge in [-0.2, -0.15) is 0 Å². The number of carbonyl (C=O) groups excluding carboxylic acids is 1. The molecule has 2 saturated carbocycles. The topological polar surface area (TPSA) is 54.4 Å². The molecule has 0 heterocycles. The number of carboxylic acid groups (broad SMARTS) is 1. The summed E-state index contributed by atoms with van der Waals surface area (Å²) in [5, 5.41) is 9.10. The molecule has 2 rings (SSSR count). The van der Waals surface area contributed by atoms with Gasteiger partial charge >= 0.3 is 5.97 Å². The zero-order valence-corrected chi connectivity index (χ0v) is 8.40. The van der Waals surface area contributed by atoms with Gasteiger partial charge < -0.3 is 5.11 Å². The van der Waals surface area contributed by atoms with Gasteiger partial charge in [0.05, 0.1) is 5.92 Å². The summed E-state index contributed by atoms with van der Waals surface area (Å²) in [5.74, 6) is -0.502. The first kappa shape index (κ1) is 9.69. The third-order valence-corrected chi connectivity index (χ3v) is 3.92. The summed E-state index contributed by atoms with van der Waals surface area (Å²) in [5.41, 5.74) is 0. The van der Waals surface area contributed by atoms with Crippen molar-refractivity contribution in [2.45, 2.75) is 32.6 Å². The number of ketones is 1. The van der Waals surface area contributed by atoms with Crippen LogP contribution in [0.15, 0.2) is 0 Å². The summed E-state index contributed by atoms with van der Waals surface area (Å²) in [6.07, 6.45) is 3.52. The predicted octanol–water partition coefficient (Wildman–Crippen LogP) is 1.71. The lowest BCUT2D eigenvalue weighted by Gasteiger charge is -2.26. The summed E-state index contributed by atoms with van der Waals surface area (Å²) >= 11 is 0. The van der Waals surface area contributed by atoms with Gasteiger partial charge in [-0.05, 0) is 31.1 Å². The standard InChI is InChI=1S/C11H16O3/c1-2-8(12)9-6-3-4-7(5-6)10(9)11(13)14/h6-7,9-10H,2-5H2,1H3,(H,13,14). The smallest absolute Gasteiger partial charge is 0.307 e. The fourth-order valence-electron chi connectivity index (χ4n) is 3.35. The highest BCUT2D eigenvalue weighted by Crippen LogP contribution is 2.52. The van der Waals surface area contributed by atoms with Crippen LogP contribution in [0.4, 0.5) is 0 Å². The highest BCUT2D eigenvalue weighted by molar-refractivity contribution is 5.87. The molecule has 0 saturated heterocycles. The molecule has 3 nitrogen and oxygen atoms in total. The van der Waals surface area contributed by atoms with Crippen molar-refractivity contribution < 1.29 is 14.7 Å². The molecule has 3 heteroatoms. The van der Waals surface area contributed by atoms with E-state index in [-0.39, 0.29) is 23.5 Å². The van der Waals surface area contributed by atoms with Crippen LogP contribution in [0.3, 0.4) is 0 Å². The van der Waals surface area contributed by atoms with Crippen LogP contribution in [0.5, 0.6) is 0 Å². The molecule has 0 aromatic carbocycles. The highest BCUT2D eigenvalue weighted by atomic mass is 16.4. The number of aliphatic carboxylic acids is 1. The van der Waals surface area contributed by atoms with E-state index in [0.717, 1.165) is 19.3 Å². The Morgan fingerprint density at radius 2 is 1.79 bits per heavy atom. The van der Waals surface area contributed by atoms with E-state index >= 15 is 0 Å². The van der Waals surface area contributed by atoms with E-state index in [1.165, 1.54) is 0 Å². The number of rotatable bonds is 3. The molecule has 0 radical (unpaired) electrons. The minimum Gasteiger partial charge on any atom is -0.481 e. The van der Waals surface area contributed by atoms with Crippen molar-refractivity contribution in [3.8, 4) is 0 Å². The Morgan fingerprint density at radius 1 is 1.21 bits per heavy atom. The van der Waals surface area contributed by atoms with Crippen LogP contribution in [0.25, 0.3) is 0 Å². The van der Waals surface area contributed by atoms with E-state index in [1.807, 2.05) is 6.92 Å². The highest BCUT2D eigenvalue weighted by Gasteiger charge is 2.53. The second-order valence-corrected chi connectivity index (χ2v) is 4.54. The van der Waals surface area contributed by atoms with Gasteiger partial charge in [0.1, 0.15) is 5.78 Å². The van der Waals surface area contributed by atoms with Gasteiger partial charge in [0.15, 0.2) is 0 Å². The van der Waals surface area contributed by atoms with Gasteiger partial charge in [0.25, 0.3) is 0 Å². The first-order valence-electron chi connectivity index (χ1n) is 5.40. The van der Waals surface area contributed by atoms with E-state index in [0.29, 0.717) is 12.3 Å². The minimum absolute atomic E-state index is 0.157. The normalized spacial score (nSPS) is 40.1. The van der Waals surface area contributed by atoms with Crippen molar-refractivity contribution in [3.05, 3.63) is 0 Å². The molecule has 0 aromatic rings. The van der Waals surface area contributed by atoms with Crippen molar-refractivity contribution in [1.82, 2.24) is 0 Å². The Kier molecular flexibility index (Phi) is 2.33. The zero-order valence-electron chi connectivity index (χ0n) is 8.40. The van der Waals surface area contributed by atoms with E-state index in [1.54, 1.807) is 0 Å². The number of fused-ring (bicyclic) bond motifs is 2. The quantitative estimate of drug-likeness (QED) is 0.747. The molecule has 4 atom stereocenters. The van der Waals surface area contributed by atoms with Gasteiger partial charge in [0.2, 0.25) is 0 Å². The first-order chi connectivity index (χ1) is 6.65. The minimum atomic E-state index is -0.760. The van der Waals surface area contributed by atoms with E-state index < -0.39 is 5.97 Å². The molecule has 0 spiro atoms. The van der Waals surface area contributed by atoms with Gasteiger partial charge in [-0.15, -0.1) is 0 Å². The largest absolute Gasteiger partial charge is 0.481 e. The Morgan fingerprint density at radius 3 is 2.29 bits per heavy atom. The molecule has 2 bridgehead atoms. The average molecular weight is 196 g/mol. The van der Waals surface area contributed by atoms with Gasteiger partial charge in [0, 0.05) is 12.3 Å². The van der Waals surface area contributed by atoms with Crippen molar-refractivity contribution in [2.24, 2.45) is 23.7 Å². The molecule has 14 heavy (non-hydrogen) atoms. The van der Waals surface area contributed by atoms with Crippen LogP contribution in [0, 0.1) is 23.7 Å². The molecular weight excluding hydrogens is 180 g/mol. The number of hydrogen-bond donors (Lipinski definition) is 1. The van der Waals surface area contributed by atoms with Crippen molar-refractivity contribution in [2.75, 3.05) is 0 Å². The van der Waals surface area contributed by atoms with Crippen molar-refractivity contribution in [3.63, 3.8) is 0 Å². The Bertz CT molecular complexity index is 272. The van der Waals surface area contributed by atoms with E-state index in [4.69, 9.17) is 5.11 Å². The fourth-order valence-corrected chi connectivity index (χ4v) is 3.35. The second kappa shape index (κ2) is 3.37. The SMILES string of the molecule is CCC(=O)C1C2CCC(C2)C1C(=O)O. The third kappa shape index (κ3) is 1.26. The third-order valence-electron chi connectivity index (χ3n) is 3.92. The van der Waals surface area contributed by atoms with Gasteiger partial charge in [-0.25, -0.2) is 0 Å². The molecule has 2 aliphatic rings.